The second kappa shape index (κ2) is 4.81. The second-order valence-electron chi connectivity index (χ2n) is 5.57. The Kier molecular flexibility index (Phi) is 3.09. The van der Waals surface area contributed by atoms with Crippen LogP contribution in [0.5, 0.6) is 0 Å². The van der Waals surface area contributed by atoms with Gasteiger partial charge in [-0.25, -0.2) is 0 Å². The summed E-state index contributed by atoms with van der Waals surface area (Å²) in [5.41, 5.74) is 5.60. The average Bonchev–Trinajstić information content (AvgIpc) is 2.43. The summed E-state index contributed by atoms with van der Waals surface area (Å²) in [6.45, 7) is 5.99. The molecule has 2 aromatic carbocycles. The molecule has 1 aliphatic carbocycles. The molecule has 2 aromatic rings. The van der Waals surface area contributed by atoms with Crippen LogP contribution in [0.1, 0.15) is 43.0 Å². The zero-order chi connectivity index (χ0) is 15.1. The number of ketones is 2. The number of rotatable bonds is 1. The van der Waals surface area contributed by atoms with Crippen molar-refractivity contribution in [2.24, 2.45) is 0 Å². The molecule has 21 heavy (non-hydrogen) atoms. The van der Waals surface area contributed by atoms with Crippen LogP contribution in [-0.4, -0.2) is 11.6 Å². The first-order chi connectivity index (χ1) is 9.99. The molecule has 2 heteroatoms. The summed E-state index contributed by atoms with van der Waals surface area (Å²) in [5, 5.41) is 0. The minimum Gasteiger partial charge on any atom is -0.289 e. The summed E-state index contributed by atoms with van der Waals surface area (Å²) in [4.78, 5) is 25.0. The molecule has 0 fully saturated rings. The van der Waals surface area contributed by atoms with Gasteiger partial charge in [-0.3, -0.25) is 9.59 Å². The third-order valence-electron chi connectivity index (χ3n) is 3.90. The monoisotopic (exact) mass is 276 g/mol. The van der Waals surface area contributed by atoms with E-state index < -0.39 is 0 Å². The number of allylic oxidation sites excluding steroid dienone is 2. The van der Waals surface area contributed by atoms with Crippen molar-refractivity contribution in [2.75, 3.05) is 0 Å². The van der Waals surface area contributed by atoms with Gasteiger partial charge in [0.05, 0.1) is 0 Å². The highest BCUT2D eigenvalue weighted by molar-refractivity contribution is 6.39. The minimum atomic E-state index is -0.0976. The number of hydrogen-bond acceptors (Lipinski definition) is 2. The summed E-state index contributed by atoms with van der Waals surface area (Å²) >= 11 is 0. The van der Waals surface area contributed by atoms with Crippen molar-refractivity contribution in [3.05, 3.63) is 75.9 Å². The number of Topliss-reactive ketones (excluding diaryl/α,β-unsaturated/α-hetero) is 1. The molecule has 0 heterocycles. The van der Waals surface area contributed by atoms with E-state index in [9.17, 15) is 9.59 Å². The summed E-state index contributed by atoms with van der Waals surface area (Å²) in [5.74, 6) is -0.167. The maximum absolute atomic E-state index is 12.7. The Labute approximate surface area is 124 Å². The number of hydrogen-bond donors (Lipinski definition) is 0. The Morgan fingerprint density at radius 3 is 2.00 bits per heavy atom. The second-order valence-corrected chi connectivity index (χ2v) is 5.57. The zero-order valence-corrected chi connectivity index (χ0v) is 12.4. The first kappa shape index (κ1) is 13.5. The highest BCUT2D eigenvalue weighted by atomic mass is 16.1. The van der Waals surface area contributed by atoms with Crippen molar-refractivity contribution in [2.45, 2.75) is 20.8 Å². The fraction of sp³-hybridized carbons (Fsp3) is 0.158. The van der Waals surface area contributed by atoms with Crippen LogP contribution in [0.4, 0.5) is 0 Å². The fourth-order valence-electron chi connectivity index (χ4n) is 3.11. The average molecular weight is 276 g/mol. The van der Waals surface area contributed by atoms with E-state index >= 15 is 0 Å². The third kappa shape index (κ3) is 2.13. The largest absolute Gasteiger partial charge is 0.289 e. The van der Waals surface area contributed by atoms with Gasteiger partial charge in [-0.05, 0) is 43.5 Å². The number of carbonyl (C=O) groups is 2. The molecular formula is C19H16O2. The van der Waals surface area contributed by atoms with Crippen LogP contribution in [0.15, 0.2) is 42.5 Å². The molecule has 0 unspecified atom stereocenters. The van der Waals surface area contributed by atoms with Gasteiger partial charge in [-0.15, -0.1) is 0 Å². The lowest BCUT2D eigenvalue weighted by molar-refractivity contribution is 0.100. The van der Waals surface area contributed by atoms with E-state index in [1.54, 1.807) is 24.3 Å². The number of benzene rings is 2. The van der Waals surface area contributed by atoms with E-state index in [0.717, 1.165) is 22.3 Å². The molecular weight excluding hydrogens is 260 g/mol. The van der Waals surface area contributed by atoms with Gasteiger partial charge in [-0.1, -0.05) is 42.0 Å². The third-order valence-corrected chi connectivity index (χ3v) is 3.90. The Morgan fingerprint density at radius 2 is 1.38 bits per heavy atom. The quantitative estimate of drug-likeness (QED) is 0.786. The molecule has 0 saturated heterocycles. The van der Waals surface area contributed by atoms with Crippen molar-refractivity contribution >= 4 is 17.1 Å². The van der Waals surface area contributed by atoms with Crippen LogP contribution in [0, 0.1) is 20.8 Å². The fourth-order valence-corrected chi connectivity index (χ4v) is 3.11. The predicted molar refractivity (Wildman–Crippen MR) is 83.7 cm³/mol. The van der Waals surface area contributed by atoms with Gasteiger partial charge in [0.2, 0.25) is 0 Å². The molecule has 104 valence electrons. The van der Waals surface area contributed by atoms with Crippen LogP contribution in [0.25, 0.3) is 5.57 Å². The van der Waals surface area contributed by atoms with Gasteiger partial charge < -0.3 is 0 Å². The Morgan fingerprint density at radius 1 is 0.810 bits per heavy atom. The molecule has 0 aromatic heterocycles. The summed E-state index contributed by atoms with van der Waals surface area (Å²) in [7, 11) is 0. The normalized spacial score (nSPS) is 14.0. The van der Waals surface area contributed by atoms with Crippen LogP contribution in [0.3, 0.4) is 0 Å². The maximum atomic E-state index is 12.7. The standard InChI is InChI=1S/C19H16O2/c1-11-8-12(2)18(13(3)9-11)16-10-17(20)14-6-4-5-7-15(14)19(16)21/h4-10H,1-3H3. The van der Waals surface area contributed by atoms with E-state index in [2.05, 4.69) is 0 Å². The summed E-state index contributed by atoms with van der Waals surface area (Å²) in [6, 6.07) is 11.1. The smallest absolute Gasteiger partial charge is 0.194 e. The first-order valence-corrected chi connectivity index (χ1v) is 6.97. The van der Waals surface area contributed by atoms with Gasteiger partial charge in [0, 0.05) is 16.7 Å². The molecule has 0 radical (unpaired) electrons. The Balaban J connectivity index is 2.22. The highest BCUT2D eigenvalue weighted by Gasteiger charge is 2.27. The molecule has 0 bridgehead atoms. The van der Waals surface area contributed by atoms with Gasteiger partial charge in [0.25, 0.3) is 0 Å². The lowest BCUT2D eigenvalue weighted by atomic mass is 9.83. The van der Waals surface area contributed by atoms with Gasteiger partial charge in [0.15, 0.2) is 11.6 Å². The minimum absolute atomic E-state index is 0.0692. The van der Waals surface area contributed by atoms with E-state index in [1.165, 1.54) is 6.08 Å². The van der Waals surface area contributed by atoms with Crippen LogP contribution >= 0.6 is 0 Å². The molecule has 3 rings (SSSR count). The Bertz CT molecular complexity index is 787. The predicted octanol–water partition coefficient (Wildman–Crippen LogP) is 4.07. The molecule has 0 aliphatic heterocycles. The van der Waals surface area contributed by atoms with Crippen LogP contribution < -0.4 is 0 Å². The Hall–Kier alpha value is -2.48. The van der Waals surface area contributed by atoms with Gasteiger partial charge in [-0.2, -0.15) is 0 Å². The van der Waals surface area contributed by atoms with E-state index in [-0.39, 0.29) is 11.6 Å². The molecule has 0 spiro atoms. The highest BCUT2D eigenvalue weighted by Crippen LogP contribution is 2.31. The van der Waals surface area contributed by atoms with Gasteiger partial charge >= 0.3 is 0 Å². The van der Waals surface area contributed by atoms with Gasteiger partial charge in [0.1, 0.15) is 0 Å². The maximum Gasteiger partial charge on any atom is 0.194 e. The molecule has 2 nitrogen and oxygen atoms in total. The molecule has 0 saturated carbocycles. The van der Waals surface area contributed by atoms with Crippen molar-refractivity contribution in [3.8, 4) is 0 Å². The SMILES string of the molecule is Cc1cc(C)c(C2=CC(=O)c3ccccc3C2=O)c(C)c1. The van der Waals surface area contributed by atoms with Crippen molar-refractivity contribution in [3.63, 3.8) is 0 Å². The first-order valence-electron chi connectivity index (χ1n) is 6.97. The van der Waals surface area contributed by atoms with Crippen LogP contribution in [-0.2, 0) is 0 Å². The molecule has 0 amide bonds. The summed E-state index contributed by atoms with van der Waals surface area (Å²) in [6.07, 6.45) is 1.48. The molecule has 1 aliphatic rings. The molecule has 0 atom stereocenters. The van der Waals surface area contributed by atoms with Crippen molar-refractivity contribution in [1.82, 2.24) is 0 Å². The zero-order valence-electron chi connectivity index (χ0n) is 12.4. The lowest BCUT2D eigenvalue weighted by Crippen LogP contribution is -2.17. The topological polar surface area (TPSA) is 34.1 Å². The lowest BCUT2D eigenvalue weighted by Gasteiger charge is -2.18. The van der Waals surface area contributed by atoms with E-state index in [4.69, 9.17) is 0 Å². The van der Waals surface area contributed by atoms with Crippen molar-refractivity contribution < 1.29 is 9.59 Å². The van der Waals surface area contributed by atoms with E-state index in [0.29, 0.717) is 16.7 Å². The van der Waals surface area contributed by atoms with E-state index in [1.807, 2.05) is 32.9 Å². The number of fused-ring (bicyclic) bond motifs is 1. The summed E-state index contributed by atoms with van der Waals surface area (Å²) < 4.78 is 0. The number of carbonyl (C=O) groups excluding carboxylic acids is 2. The van der Waals surface area contributed by atoms with Crippen molar-refractivity contribution in [1.29, 1.82) is 0 Å². The van der Waals surface area contributed by atoms with Crippen LogP contribution in [0.2, 0.25) is 0 Å². The molecule has 0 N–H and O–H groups in total. The number of aryl methyl sites for hydroxylation is 3.